The number of allylic oxidation sites excluding steroid dienone is 8. The van der Waals surface area contributed by atoms with Crippen LogP contribution in [0.15, 0.2) is 48.6 Å². The first-order valence-corrected chi connectivity index (χ1v) is 26.9. The van der Waals surface area contributed by atoms with Crippen LogP contribution >= 0.6 is 0 Å². The fourth-order valence-electron chi connectivity index (χ4n) is 8.15. The van der Waals surface area contributed by atoms with E-state index in [1.54, 1.807) is 0 Å². The van der Waals surface area contributed by atoms with Gasteiger partial charge < -0.3 is 20.3 Å². The van der Waals surface area contributed by atoms with E-state index in [0.29, 0.717) is 19.3 Å². The maximum absolute atomic E-state index is 13.2. The molecule has 0 saturated heterocycles. The Morgan fingerprint density at radius 2 is 0.823 bits per heavy atom. The third-order valence-electron chi connectivity index (χ3n) is 12.3. The Balaban J connectivity index is 4.59. The molecule has 6 heteroatoms. The molecule has 0 spiro atoms. The largest absolute Gasteiger partial charge is 0.462 e. The van der Waals surface area contributed by atoms with Gasteiger partial charge in [-0.3, -0.25) is 9.59 Å². The van der Waals surface area contributed by atoms with Crippen molar-refractivity contribution in [2.75, 3.05) is 6.61 Å². The number of hydrogen-bond donors (Lipinski definition) is 3. The number of rotatable bonds is 48. The van der Waals surface area contributed by atoms with E-state index in [4.69, 9.17) is 4.74 Å². The monoisotopic (exact) mass is 870 g/mol. The van der Waals surface area contributed by atoms with E-state index in [-0.39, 0.29) is 24.9 Å². The number of aliphatic hydroxyl groups excluding tert-OH is 2. The number of aliphatic hydroxyl groups is 2. The maximum atomic E-state index is 13.2. The summed E-state index contributed by atoms with van der Waals surface area (Å²) in [5.41, 5.74) is 0. The molecule has 362 valence electrons. The highest BCUT2D eigenvalue weighted by molar-refractivity contribution is 5.77. The van der Waals surface area contributed by atoms with E-state index in [9.17, 15) is 19.8 Å². The molecule has 0 aliphatic rings. The molecule has 3 unspecified atom stereocenters. The second-order valence-corrected chi connectivity index (χ2v) is 18.4. The Kier molecular flexibility index (Phi) is 48.1. The van der Waals surface area contributed by atoms with Gasteiger partial charge in [-0.1, -0.05) is 256 Å². The molecule has 0 bridgehead atoms. The van der Waals surface area contributed by atoms with Crippen LogP contribution in [0.25, 0.3) is 0 Å². The van der Waals surface area contributed by atoms with Crippen molar-refractivity contribution < 1.29 is 24.5 Å². The molecule has 62 heavy (non-hydrogen) atoms. The van der Waals surface area contributed by atoms with Crippen LogP contribution < -0.4 is 5.32 Å². The van der Waals surface area contributed by atoms with Crippen molar-refractivity contribution in [1.29, 1.82) is 0 Å². The number of hydrogen-bond acceptors (Lipinski definition) is 5. The van der Waals surface area contributed by atoms with Gasteiger partial charge in [0, 0.05) is 6.42 Å². The van der Waals surface area contributed by atoms with Crippen LogP contribution in [0.1, 0.15) is 271 Å². The van der Waals surface area contributed by atoms with E-state index < -0.39 is 18.2 Å². The summed E-state index contributed by atoms with van der Waals surface area (Å²) < 4.78 is 5.93. The molecular formula is C56H103NO5. The highest BCUT2D eigenvalue weighted by atomic mass is 16.5. The van der Waals surface area contributed by atoms with Gasteiger partial charge in [-0.2, -0.15) is 0 Å². The molecule has 0 saturated carbocycles. The number of carbonyl (C=O) groups excluding carboxylic acids is 2. The van der Waals surface area contributed by atoms with Crippen molar-refractivity contribution in [2.24, 2.45) is 0 Å². The third kappa shape index (κ3) is 44.4. The normalized spacial score (nSPS) is 13.6. The Bertz CT molecular complexity index is 1070. The van der Waals surface area contributed by atoms with Crippen molar-refractivity contribution in [1.82, 2.24) is 5.32 Å². The summed E-state index contributed by atoms with van der Waals surface area (Å²) >= 11 is 0. The van der Waals surface area contributed by atoms with Crippen LogP contribution in [-0.4, -0.2) is 46.9 Å². The van der Waals surface area contributed by atoms with Crippen LogP contribution in [0.3, 0.4) is 0 Å². The lowest BCUT2D eigenvalue weighted by molar-refractivity contribution is -0.151. The first-order chi connectivity index (χ1) is 30.5. The molecule has 0 aromatic rings. The molecule has 0 aromatic heterocycles. The molecule has 3 atom stereocenters. The number of carbonyl (C=O) groups is 2. The number of nitrogens with one attached hydrogen (secondary N) is 1. The summed E-state index contributed by atoms with van der Waals surface area (Å²) in [5, 5.41) is 23.7. The highest BCUT2D eigenvalue weighted by Crippen LogP contribution is 2.18. The topological polar surface area (TPSA) is 95.9 Å². The minimum absolute atomic E-state index is 0.0538. The summed E-state index contributed by atoms with van der Waals surface area (Å²) in [6.45, 7) is 6.43. The van der Waals surface area contributed by atoms with E-state index in [1.165, 1.54) is 154 Å². The predicted octanol–water partition coefficient (Wildman–Crippen LogP) is 16.2. The minimum Gasteiger partial charge on any atom is -0.462 e. The summed E-state index contributed by atoms with van der Waals surface area (Å²) in [4.78, 5) is 26.2. The average Bonchev–Trinajstić information content (AvgIpc) is 3.26. The van der Waals surface area contributed by atoms with Crippen molar-refractivity contribution >= 4 is 11.9 Å². The standard InChI is InChI=1S/C56H103NO5/c1-4-7-10-13-16-19-21-23-25-27-28-30-32-34-37-40-43-46-49-56(61)62-52(47-44-41-38-36-33-31-29-26-24-22-20-17-14-11-8-5-2)50-55(60)57-53(51-58)54(59)48-45-42-39-35-18-15-12-9-6-3/h17,20,22,24,26,29,31,33,52-54,58-59H,4-16,18-19,21,23,25,27-28,30,32,34-51H2,1-3H3,(H,57,60)/b20-17+,24-22+,29-26+,33-31+. The van der Waals surface area contributed by atoms with Gasteiger partial charge in [0.25, 0.3) is 0 Å². The van der Waals surface area contributed by atoms with Gasteiger partial charge >= 0.3 is 5.97 Å². The number of amides is 1. The molecule has 0 aliphatic carbocycles. The fourth-order valence-corrected chi connectivity index (χ4v) is 8.15. The first kappa shape index (κ1) is 59.8. The van der Waals surface area contributed by atoms with Crippen molar-refractivity contribution in [2.45, 2.75) is 289 Å². The van der Waals surface area contributed by atoms with Gasteiger partial charge in [0.05, 0.1) is 25.2 Å². The Morgan fingerprint density at radius 1 is 0.468 bits per heavy atom. The summed E-state index contributed by atoms with van der Waals surface area (Å²) in [6.07, 6.45) is 60.3. The Hall–Kier alpha value is -2.18. The van der Waals surface area contributed by atoms with Crippen LogP contribution in [0.5, 0.6) is 0 Å². The van der Waals surface area contributed by atoms with Crippen LogP contribution in [0.2, 0.25) is 0 Å². The third-order valence-corrected chi connectivity index (χ3v) is 12.3. The summed E-state index contributed by atoms with van der Waals surface area (Å²) in [5.74, 6) is -0.504. The first-order valence-electron chi connectivity index (χ1n) is 26.9. The van der Waals surface area contributed by atoms with Crippen molar-refractivity contribution in [3.8, 4) is 0 Å². The van der Waals surface area contributed by atoms with E-state index in [0.717, 1.165) is 70.6 Å². The van der Waals surface area contributed by atoms with E-state index >= 15 is 0 Å². The SMILES string of the molecule is CCCCC/C=C/C=C/C=C/C=C/CCCCCC(CC(=O)NC(CO)C(O)CCCCCCCCCCC)OC(=O)CCCCCCCCCCCCCCCCCCCC. The quantitative estimate of drug-likeness (QED) is 0.0322. The average molecular weight is 870 g/mol. The molecule has 6 nitrogen and oxygen atoms in total. The summed E-state index contributed by atoms with van der Waals surface area (Å²) in [6, 6.07) is -0.712. The second kappa shape index (κ2) is 49.8. The molecule has 0 radical (unpaired) electrons. The van der Waals surface area contributed by atoms with Gasteiger partial charge in [0.1, 0.15) is 6.10 Å². The zero-order valence-corrected chi connectivity index (χ0v) is 41.3. The Labute approximate surface area is 385 Å². The Morgan fingerprint density at radius 3 is 1.27 bits per heavy atom. The lowest BCUT2D eigenvalue weighted by Crippen LogP contribution is -2.46. The van der Waals surface area contributed by atoms with Gasteiger partial charge in [-0.25, -0.2) is 0 Å². The number of unbranched alkanes of at least 4 members (excludes halogenated alkanes) is 31. The van der Waals surface area contributed by atoms with Crippen molar-refractivity contribution in [3.63, 3.8) is 0 Å². The molecule has 0 rings (SSSR count). The molecular weight excluding hydrogens is 767 g/mol. The summed E-state index contributed by atoms with van der Waals surface area (Å²) in [7, 11) is 0. The fraction of sp³-hybridized carbons (Fsp3) is 0.821. The van der Waals surface area contributed by atoms with Crippen LogP contribution in [0, 0.1) is 0 Å². The minimum atomic E-state index is -0.796. The maximum Gasteiger partial charge on any atom is 0.306 e. The molecule has 0 aliphatic heterocycles. The number of esters is 1. The van der Waals surface area contributed by atoms with E-state index in [1.807, 2.05) is 0 Å². The van der Waals surface area contributed by atoms with Gasteiger partial charge in [-0.15, -0.1) is 0 Å². The van der Waals surface area contributed by atoms with Crippen molar-refractivity contribution in [3.05, 3.63) is 48.6 Å². The van der Waals surface area contributed by atoms with Gasteiger partial charge in [-0.05, 0) is 51.4 Å². The number of ether oxygens (including phenoxy) is 1. The molecule has 3 N–H and O–H groups in total. The van der Waals surface area contributed by atoms with Gasteiger partial charge in [0.2, 0.25) is 5.91 Å². The van der Waals surface area contributed by atoms with Gasteiger partial charge in [0.15, 0.2) is 0 Å². The van der Waals surface area contributed by atoms with E-state index in [2.05, 4.69) is 74.7 Å². The molecule has 1 amide bonds. The zero-order chi connectivity index (χ0) is 45.2. The van der Waals surface area contributed by atoms with Crippen LogP contribution in [0.4, 0.5) is 0 Å². The lowest BCUT2D eigenvalue weighted by Gasteiger charge is -2.24. The predicted molar refractivity (Wildman–Crippen MR) is 269 cm³/mol. The molecule has 0 aromatic carbocycles. The lowest BCUT2D eigenvalue weighted by atomic mass is 10.0. The zero-order valence-electron chi connectivity index (χ0n) is 41.3. The molecule has 0 fully saturated rings. The second-order valence-electron chi connectivity index (χ2n) is 18.4. The molecule has 0 heterocycles. The van der Waals surface area contributed by atoms with Crippen LogP contribution in [-0.2, 0) is 14.3 Å². The highest BCUT2D eigenvalue weighted by Gasteiger charge is 2.24. The smallest absolute Gasteiger partial charge is 0.306 e.